The van der Waals surface area contributed by atoms with Gasteiger partial charge >= 0.3 is 0 Å². The maximum atomic E-state index is 5.60. The van der Waals surface area contributed by atoms with E-state index in [9.17, 15) is 0 Å². The number of pyridine rings is 1. The van der Waals surface area contributed by atoms with Crippen molar-refractivity contribution in [1.82, 2.24) is 19.2 Å². The molecule has 1 aromatic carbocycles. The van der Waals surface area contributed by atoms with Gasteiger partial charge in [0.2, 0.25) is 0 Å². The molecule has 1 aliphatic heterocycles. The molecule has 0 N–H and O–H groups in total. The summed E-state index contributed by atoms with van der Waals surface area (Å²) >= 11 is 0. The first kappa shape index (κ1) is 18.0. The first-order valence-electron chi connectivity index (χ1n) is 9.70. The summed E-state index contributed by atoms with van der Waals surface area (Å²) in [5.41, 5.74) is 4.82. The lowest BCUT2D eigenvalue weighted by Crippen LogP contribution is -2.20. The number of ether oxygens (including phenoxy) is 1. The van der Waals surface area contributed by atoms with Crippen molar-refractivity contribution in [3.8, 4) is 5.75 Å². The Bertz CT molecular complexity index is 898. The van der Waals surface area contributed by atoms with Gasteiger partial charge in [0.15, 0.2) is 0 Å². The fraction of sp³-hybridized carbons (Fsp3) is 0.409. The molecular weight excluding hydrogens is 336 g/mol. The second kappa shape index (κ2) is 8.11. The maximum Gasteiger partial charge on any atom is 0.136 e. The van der Waals surface area contributed by atoms with Gasteiger partial charge < -0.3 is 9.14 Å². The highest BCUT2D eigenvalue weighted by Gasteiger charge is 2.15. The van der Waals surface area contributed by atoms with Crippen molar-refractivity contribution < 1.29 is 4.74 Å². The normalized spacial score (nSPS) is 15.1. The molecule has 0 amide bonds. The van der Waals surface area contributed by atoms with Gasteiger partial charge in [0.25, 0.3) is 0 Å². The predicted molar refractivity (Wildman–Crippen MR) is 108 cm³/mol. The average Bonchev–Trinajstić information content (AvgIpc) is 3.32. The first-order chi connectivity index (χ1) is 13.2. The molecule has 1 saturated heterocycles. The van der Waals surface area contributed by atoms with E-state index in [1.807, 2.05) is 24.4 Å². The zero-order valence-electron chi connectivity index (χ0n) is 16.3. The summed E-state index contributed by atoms with van der Waals surface area (Å²) in [7, 11) is 3.92. The number of aromatic nitrogens is 2. The molecule has 2 aromatic heterocycles. The third-order valence-corrected chi connectivity index (χ3v) is 5.32. The zero-order valence-corrected chi connectivity index (χ0v) is 16.3. The standard InChI is InChI=1S/C22H28N4O/c1-24(17-20-14-23-22-7-3-4-12-26(20)22)15-18-8-9-21(27-2)19(13-18)16-25-10-5-6-11-25/h3-4,7-9,12-14H,5-6,10-11,15-17H2,1-2H3. The Kier molecular flexibility index (Phi) is 5.41. The fourth-order valence-corrected chi connectivity index (χ4v) is 3.98. The van der Waals surface area contributed by atoms with Gasteiger partial charge in [-0.2, -0.15) is 0 Å². The Morgan fingerprint density at radius 1 is 1.11 bits per heavy atom. The molecule has 0 spiro atoms. The number of imidazole rings is 1. The Hall–Kier alpha value is -2.37. The third kappa shape index (κ3) is 4.15. The van der Waals surface area contributed by atoms with Gasteiger partial charge in [-0.3, -0.25) is 9.80 Å². The lowest BCUT2D eigenvalue weighted by atomic mass is 10.1. The zero-order chi connectivity index (χ0) is 18.6. The number of hydrogen-bond acceptors (Lipinski definition) is 4. The third-order valence-electron chi connectivity index (χ3n) is 5.32. The molecule has 1 aliphatic rings. The molecule has 5 nitrogen and oxygen atoms in total. The van der Waals surface area contributed by atoms with Gasteiger partial charge in [0, 0.05) is 31.4 Å². The molecule has 3 aromatic rings. The number of rotatable bonds is 7. The minimum absolute atomic E-state index is 0.860. The van der Waals surface area contributed by atoms with Crippen LogP contribution in [0, 0.1) is 0 Å². The Labute approximate surface area is 161 Å². The average molecular weight is 364 g/mol. The predicted octanol–water partition coefficient (Wildman–Crippen LogP) is 3.57. The van der Waals surface area contributed by atoms with Gasteiger partial charge in [-0.25, -0.2) is 4.98 Å². The second-order valence-electron chi connectivity index (χ2n) is 7.48. The summed E-state index contributed by atoms with van der Waals surface area (Å²) < 4.78 is 7.75. The van der Waals surface area contributed by atoms with Crippen LogP contribution in [0.15, 0.2) is 48.8 Å². The number of likely N-dealkylation sites (tertiary alicyclic amines) is 1. The van der Waals surface area contributed by atoms with E-state index in [1.165, 1.54) is 42.8 Å². The van der Waals surface area contributed by atoms with Crippen LogP contribution in [0.2, 0.25) is 0 Å². The molecule has 27 heavy (non-hydrogen) atoms. The molecule has 3 heterocycles. The van der Waals surface area contributed by atoms with Gasteiger partial charge in [-0.05, 0) is 62.8 Å². The molecule has 0 saturated carbocycles. The maximum absolute atomic E-state index is 5.60. The molecule has 142 valence electrons. The molecule has 0 atom stereocenters. The van der Waals surface area contributed by atoms with Crippen LogP contribution in [0.5, 0.6) is 5.75 Å². The monoisotopic (exact) mass is 364 g/mol. The Balaban J connectivity index is 1.46. The Morgan fingerprint density at radius 2 is 1.96 bits per heavy atom. The van der Waals surface area contributed by atoms with E-state index in [-0.39, 0.29) is 0 Å². The minimum Gasteiger partial charge on any atom is -0.496 e. The van der Waals surface area contributed by atoms with Crippen LogP contribution in [-0.4, -0.2) is 46.4 Å². The van der Waals surface area contributed by atoms with Crippen LogP contribution in [0.25, 0.3) is 5.65 Å². The van der Waals surface area contributed by atoms with E-state index in [0.29, 0.717) is 0 Å². The van der Waals surface area contributed by atoms with Crippen molar-refractivity contribution in [2.75, 3.05) is 27.2 Å². The van der Waals surface area contributed by atoms with Crippen LogP contribution < -0.4 is 4.74 Å². The van der Waals surface area contributed by atoms with Gasteiger partial charge in [-0.1, -0.05) is 12.1 Å². The van der Waals surface area contributed by atoms with Crippen LogP contribution in [0.3, 0.4) is 0 Å². The van der Waals surface area contributed by atoms with Crippen molar-refractivity contribution in [1.29, 1.82) is 0 Å². The summed E-state index contributed by atoms with van der Waals surface area (Å²) in [6.07, 6.45) is 6.67. The van der Waals surface area contributed by atoms with Crippen LogP contribution in [-0.2, 0) is 19.6 Å². The summed E-state index contributed by atoms with van der Waals surface area (Å²) in [5, 5.41) is 0. The van der Waals surface area contributed by atoms with Crippen molar-refractivity contribution in [3.63, 3.8) is 0 Å². The molecular formula is C22H28N4O. The van der Waals surface area contributed by atoms with Crippen LogP contribution >= 0.6 is 0 Å². The number of benzene rings is 1. The van der Waals surface area contributed by atoms with E-state index in [4.69, 9.17) is 4.74 Å². The van der Waals surface area contributed by atoms with Crippen LogP contribution in [0.4, 0.5) is 0 Å². The van der Waals surface area contributed by atoms with E-state index in [1.54, 1.807) is 7.11 Å². The molecule has 0 unspecified atom stereocenters. The van der Waals surface area contributed by atoms with Gasteiger partial charge in [0.05, 0.1) is 19.0 Å². The lowest BCUT2D eigenvalue weighted by Gasteiger charge is -2.20. The first-order valence-corrected chi connectivity index (χ1v) is 9.70. The molecule has 0 bridgehead atoms. The molecule has 5 heteroatoms. The highest BCUT2D eigenvalue weighted by Crippen LogP contribution is 2.24. The fourth-order valence-electron chi connectivity index (χ4n) is 3.98. The van der Waals surface area contributed by atoms with E-state index >= 15 is 0 Å². The highest BCUT2D eigenvalue weighted by molar-refractivity contribution is 5.40. The molecule has 0 aliphatic carbocycles. The summed E-state index contributed by atoms with van der Waals surface area (Å²) in [4.78, 5) is 9.34. The smallest absolute Gasteiger partial charge is 0.136 e. The van der Waals surface area contributed by atoms with E-state index in [2.05, 4.69) is 50.6 Å². The van der Waals surface area contributed by atoms with Gasteiger partial charge in [-0.15, -0.1) is 0 Å². The van der Waals surface area contributed by atoms with Crippen LogP contribution in [0.1, 0.15) is 29.7 Å². The highest BCUT2D eigenvalue weighted by atomic mass is 16.5. The number of methoxy groups -OCH3 is 1. The second-order valence-corrected chi connectivity index (χ2v) is 7.48. The summed E-state index contributed by atoms with van der Waals surface area (Å²) in [5.74, 6) is 0.995. The minimum atomic E-state index is 0.860. The van der Waals surface area contributed by atoms with Crippen molar-refractivity contribution in [3.05, 3.63) is 65.6 Å². The number of nitrogens with zero attached hydrogens (tertiary/aromatic N) is 4. The van der Waals surface area contributed by atoms with Crippen molar-refractivity contribution in [2.45, 2.75) is 32.5 Å². The SMILES string of the molecule is COc1ccc(CN(C)Cc2cnc3ccccn23)cc1CN1CCCC1. The summed E-state index contributed by atoms with van der Waals surface area (Å²) in [6, 6.07) is 12.7. The van der Waals surface area contributed by atoms with Gasteiger partial charge in [0.1, 0.15) is 11.4 Å². The number of fused-ring (bicyclic) bond motifs is 1. The molecule has 4 rings (SSSR count). The lowest BCUT2D eigenvalue weighted by molar-refractivity contribution is 0.310. The topological polar surface area (TPSA) is 33.0 Å². The van der Waals surface area contributed by atoms with Crippen molar-refractivity contribution in [2.24, 2.45) is 0 Å². The van der Waals surface area contributed by atoms with E-state index in [0.717, 1.165) is 31.0 Å². The number of hydrogen-bond donors (Lipinski definition) is 0. The molecule has 1 fully saturated rings. The quantitative estimate of drug-likeness (QED) is 0.642. The summed E-state index contributed by atoms with van der Waals surface area (Å²) in [6.45, 7) is 5.13. The van der Waals surface area contributed by atoms with Crippen molar-refractivity contribution >= 4 is 5.65 Å². The largest absolute Gasteiger partial charge is 0.496 e. The molecule has 0 radical (unpaired) electrons. The van der Waals surface area contributed by atoms with E-state index < -0.39 is 0 Å². The Morgan fingerprint density at radius 3 is 2.78 bits per heavy atom.